The topological polar surface area (TPSA) is 52.6 Å². The van der Waals surface area contributed by atoms with E-state index in [1.807, 2.05) is 36.4 Å². The number of hydrogen-bond acceptors (Lipinski definition) is 4. The van der Waals surface area contributed by atoms with Crippen LogP contribution in [-0.4, -0.2) is 11.9 Å². The lowest BCUT2D eigenvalue weighted by molar-refractivity contribution is -0.135. The van der Waals surface area contributed by atoms with Gasteiger partial charge in [0.2, 0.25) is 0 Å². The monoisotopic (exact) mass is 346 g/mol. The number of esters is 2. The highest BCUT2D eigenvalue weighted by molar-refractivity contribution is 5.78. The molecule has 3 aromatic carbocycles. The van der Waals surface area contributed by atoms with Gasteiger partial charge in [0.25, 0.3) is 0 Å². The maximum atomic E-state index is 12.2. The van der Waals surface area contributed by atoms with Crippen LogP contribution in [0.2, 0.25) is 0 Å². The highest BCUT2D eigenvalue weighted by Crippen LogP contribution is 2.15. The van der Waals surface area contributed by atoms with E-state index in [4.69, 9.17) is 9.47 Å². The van der Waals surface area contributed by atoms with Crippen molar-refractivity contribution >= 4 is 11.9 Å². The first-order valence-electron chi connectivity index (χ1n) is 8.29. The molecule has 0 amide bonds. The summed E-state index contributed by atoms with van der Waals surface area (Å²) in [5.41, 5.74) is 1.50. The second-order valence-corrected chi connectivity index (χ2v) is 5.70. The van der Waals surface area contributed by atoms with Gasteiger partial charge in [-0.05, 0) is 35.4 Å². The Morgan fingerprint density at radius 3 is 1.27 bits per heavy atom. The van der Waals surface area contributed by atoms with Gasteiger partial charge in [-0.2, -0.15) is 0 Å². The molecule has 0 aliphatic heterocycles. The first-order chi connectivity index (χ1) is 12.7. The zero-order valence-electron chi connectivity index (χ0n) is 14.1. The Kier molecular flexibility index (Phi) is 5.78. The van der Waals surface area contributed by atoms with Crippen molar-refractivity contribution in [1.82, 2.24) is 0 Å². The van der Waals surface area contributed by atoms with Crippen LogP contribution in [0.25, 0.3) is 0 Å². The average Bonchev–Trinajstić information content (AvgIpc) is 2.65. The Hall–Kier alpha value is -3.40. The molecular weight excluding hydrogens is 328 g/mol. The molecule has 3 aromatic rings. The van der Waals surface area contributed by atoms with Gasteiger partial charge in [-0.25, -0.2) is 0 Å². The van der Waals surface area contributed by atoms with E-state index in [9.17, 15) is 9.59 Å². The number of carbonyl (C=O) groups is 2. The van der Waals surface area contributed by atoms with Gasteiger partial charge < -0.3 is 9.47 Å². The van der Waals surface area contributed by atoms with Crippen LogP contribution < -0.4 is 9.47 Å². The standard InChI is InChI=1S/C22H18O4/c23-21(25-19-11-3-1-4-12-19)15-17-9-7-8-10-18(17)16-22(24)26-20-13-5-2-6-14-20/h1-14H,15-16H2. The number of para-hydroxylation sites is 2. The Bertz CT molecular complexity index is 798. The van der Waals surface area contributed by atoms with Crippen molar-refractivity contribution in [2.45, 2.75) is 12.8 Å². The lowest BCUT2D eigenvalue weighted by atomic mass is 10.0. The summed E-state index contributed by atoms with van der Waals surface area (Å²) in [7, 11) is 0. The summed E-state index contributed by atoms with van der Waals surface area (Å²) in [6.45, 7) is 0. The SMILES string of the molecule is O=C(Cc1ccccc1CC(=O)Oc1ccccc1)Oc1ccccc1. The van der Waals surface area contributed by atoms with Crippen LogP contribution in [0.3, 0.4) is 0 Å². The molecular formula is C22H18O4. The van der Waals surface area contributed by atoms with Gasteiger partial charge in [0.05, 0.1) is 12.8 Å². The zero-order valence-corrected chi connectivity index (χ0v) is 14.1. The third-order valence-corrected chi connectivity index (χ3v) is 3.74. The van der Waals surface area contributed by atoms with Crippen LogP contribution in [0.1, 0.15) is 11.1 Å². The van der Waals surface area contributed by atoms with Gasteiger partial charge >= 0.3 is 11.9 Å². The molecule has 26 heavy (non-hydrogen) atoms. The number of ether oxygens (including phenoxy) is 2. The van der Waals surface area contributed by atoms with E-state index < -0.39 is 0 Å². The maximum absolute atomic E-state index is 12.2. The van der Waals surface area contributed by atoms with Crippen molar-refractivity contribution in [1.29, 1.82) is 0 Å². The highest BCUT2D eigenvalue weighted by atomic mass is 16.5. The summed E-state index contributed by atoms with van der Waals surface area (Å²) in [6.07, 6.45) is 0.174. The summed E-state index contributed by atoms with van der Waals surface area (Å²) in [6, 6.07) is 25.1. The quantitative estimate of drug-likeness (QED) is 0.500. The summed E-state index contributed by atoms with van der Waals surface area (Å²) in [5.74, 6) is 0.247. The largest absolute Gasteiger partial charge is 0.426 e. The first-order valence-corrected chi connectivity index (χ1v) is 8.29. The third kappa shape index (κ3) is 5.05. The Labute approximate surface area is 152 Å². The van der Waals surface area contributed by atoms with Crippen LogP contribution in [-0.2, 0) is 22.4 Å². The van der Waals surface area contributed by atoms with Crippen LogP contribution in [0.4, 0.5) is 0 Å². The normalized spacial score (nSPS) is 10.2. The van der Waals surface area contributed by atoms with Crippen molar-refractivity contribution in [2.24, 2.45) is 0 Å². The van der Waals surface area contributed by atoms with Crippen LogP contribution in [0.15, 0.2) is 84.9 Å². The minimum absolute atomic E-state index is 0.0870. The fraction of sp³-hybridized carbons (Fsp3) is 0.0909. The predicted molar refractivity (Wildman–Crippen MR) is 98.0 cm³/mol. The van der Waals surface area contributed by atoms with E-state index >= 15 is 0 Å². The number of hydrogen-bond donors (Lipinski definition) is 0. The Morgan fingerprint density at radius 2 is 0.885 bits per heavy atom. The van der Waals surface area contributed by atoms with Gasteiger partial charge in [-0.15, -0.1) is 0 Å². The number of benzene rings is 3. The predicted octanol–water partition coefficient (Wildman–Crippen LogP) is 3.98. The first kappa shape index (κ1) is 17.4. The second-order valence-electron chi connectivity index (χ2n) is 5.70. The van der Waals surface area contributed by atoms with Crippen molar-refractivity contribution in [3.63, 3.8) is 0 Å². The summed E-state index contributed by atoms with van der Waals surface area (Å²) in [5, 5.41) is 0. The van der Waals surface area contributed by atoms with Crippen molar-refractivity contribution in [3.8, 4) is 11.5 Å². The molecule has 0 unspecified atom stereocenters. The van der Waals surface area contributed by atoms with E-state index in [1.165, 1.54) is 0 Å². The Balaban J connectivity index is 1.64. The van der Waals surface area contributed by atoms with Crippen molar-refractivity contribution in [2.75, 3.05) is 0 Å². The molecule has 4 heteroatoms. The fourth-order valence-electron chi connectivity index (χ4n) is 2.53. The molecule has 0 radical (unpaired) electrons. The molecule has 0 heterocycles. The van der Waals surface area contributed by atoms with Gasteiger partial charge in [-0.3, -0.25) is 9.59 Å². The Morgan fingerprint density at radius 1 is 0.538 bits per heavy atom. The molecule has 0 atom stereocenters. The zero-order chi connectivity index (χ0) is 18.2. The van der Waals surface area contributed by atoms with Crippen LogP contribution in [0.5, 0.6) is 11.5 Å². The van der Waals surface area contributed by atoms with E-state index in [2.05, 4.69) is 0 Å². The molecule has 0 bridgehead atoms. The molecule has 130 valence electrons. The maximum Gasteiger partial charge on any atom is 0.315 e. The van der Waals surface area contributed by atoms with Crippen molar-refractivity contribution < 1.29 is 19.1 Å². The second kappa shape index (κ2) is 8.62. The molecule has 0 saturated carbocycles. The van der Waals surface area contributed by atoms with E-state index in [0.29, 0.717) is 11.5 Å². The smallest absolute Gasteiger partial charge is 0.315 e. The molecule has 4 nitrogen and oxygen atoms in total. The third-order valence-electron chi connectivity index (χ3n) is 3.74. The minimum Gasteiger partial charge on any atom is -0.426 e. The van der Waals surface area contributed by atoms with Gasteiger partial charge in [-0.1, -0.05) is 60.7 Å². The molecule has 0 aliphatic rings. The molecule has 0 spiro atoms. The van der Waals surface area contributed by atoms with Crippen molar-refractivity contribution in [3.05, 3.63) is 96.1 Å². The molecule has 0 saturated heterocycles. The summed E-state index contributed by atoms with van der Waals surface area (Å²) in [4.78, 5) is 24.3. The van der Waals surface area contributed by atoms with Gasteiger partial charge in [0.15, 0.2) is 0 Å². The van der Waals surface area contributed by atoms with E-state index in [1.54, 1.807) is 48.5 Å². The fourth-order valence-corrected chi connectivity index (χ4v) is 2.53. The molecule has 0 N–H and O–H groups in total. The van der Waals surface area contributed by atoms with Crippen LogP contribution in [0, 0.1) is 0 Å². The van der Waals surface area contributed by atoms with Gasteiger partial charge in [0, 0.05) is 0 Å². The lowest BCUT2D eigenvalue weighted by Crippen LogP contribution is -2.16. The van der Waals surface area contributed by atoms with E-state index in [-0.39, 0.29) is 24.8 Å². The molecule has 0 aliphatic carbocycles. The average molecular weight is 346 g/mol. The van der Waals surface area contributed by atoms with Gasteiger partial charge in [0.1, 0.15) is 11.5 Å². The van der Waals surface area contributed by atoms with Crippen LogP contribution >= 0.6 is 0 Å². The molecule has 0 fully saturated rings. The van der Waals surface area contributed by atoms with E-state index in [0.717, 1.165) is 11.1 Å². The molecule has 3 rings (SSSR count). The molecule has 0 aromatic heterocycles. The number of rotatable bonds is 6. The lowest BCUT2D eigenvalue weighted by Gasteiger charge is -2.10. The summed E-state index contributed by atoms with van der Waals surface area (Å²) >= 11 is 0. The summed E-state index contributed by atoms with van der Waals surface area (Å²) < 4.78 is 10.6. The number of carbonyl (C=O) groups excluding carboxylic acids is 2. The minimum atomic E-state index is -0.375. The highest BCUT2D eigenvalue weighted by Gasteiger charge is 2.13.